The predicted octanol–water partition coefficient (Wildman–Crippen LogP) is 2.51. The largest absolute Gasteiger partial charge is 0.334 e. The highest BCUT2D eigenvalue weighted by Crippen LogP contribution is 2.31. The third-order valence-electron chi connectivity index (χ3n) is 4.38. The Kier molecular flexibility index (Phi) is 4.66. The van der Waals surface area contributed by atoms with Crippen molar-refractivity contribution in [1.82, 2.24) is 9.80 Å². The van der Waals surface area contributed by atoms with E-state index in [1.54, 1.807) is 0 Å². The Morgan fingerprint density at radius 2 is 1.78 bits per heavy atom. The highest BCUT2D eigenvalue weighted by Gasteiger charge is 2.42. The molecule has 2 aliphatic heterocycles. The summed E-state index contributed by atoms with van der Waals surface area (Å²) in [6.45, 7) is 9.75. The average Bonchev–Trinajstić information content (AvgIpc) is 2.60. The molecule has 0 radical (unpaired) electrons. The molecule has 0 aliphatic carbocycles. The van der Waals surface area contributed by atoms with Crippen LogP contribution in [-0.4, -0.2) is 47.4 Å². The predicted molar refractivity (Wildman–Crippen MR) is 74.5 cm³/mol. The minimum absolute atomic E-state index is 0.153. The Balaban J connectivity index is 1.89. The van der Waals surface area contributed by atoms with E-state index in [2.05, 4.69) is 16.7 Å². The molecule has 0 spiro atoms. The molecule has 0 aromatic rings. The van der Waals surface area contributed by atoms with Crippen molar-refractivity contribution in [2.75, 3.05) is 19.6 Å². The van der Waals surface area contributed by atoms with Gasteiger partial charge in [-0.1, -0.05) is 33.6 Å². The second kappa shape index (κ2) is 6.05. The van der Waals surface area contributed by atoms with Crippen LogP contribution >= 0.6 is 0 Å². The first-order chi connectivity index (χ1) is 8.63. The lowest BCUT2D eigenvalue weighted by Gasteiger charge is -2.42. The van der Waals surface area contributed by atoms with Gasteiger partial charge < -0.3 is 4.90 Å². The number of hydrogen-bond donors (Lipinski definition) is 0. The Hall–Kier alpha value is -0.570. The van der Waals surface area contributed by atoms with Gasteiger partial charge in [-0.2, -0.15) is 0 Å². The molecule has 2 saturated heterocycles. The molecule has 2 heterocycles. The molecule has 0 saturated carbocycles. The summed E-state index contributed by atoms with van der Waals surface area (Å²) >= 11 is 0. The van der Waals surface area contributed by atoms with E-state index in [0.29, 0.717) is 18.0 Å². The van der Waals surface area contributed by atoms with E-state index in [1.165, 1.54) is 38.6 Å². The molecule has 0 unspecified atom stereocenters. The van der Waals surface area contributed by atoms with Gasteiger partial charge in [-0.05, 0) is 25.8 Å². The second-order valence-corrected chi connectivity index (χ2v) is 6.25. The molecule has 0 aromatic heterocycles. The summed E-state index contributed by atoms with van der Waals surface area (Å²) in [4.78, 5) is 17.0. The number of piperazine rings is 1. The summed E-state index contributed by atoms with van der Waals surface area (Å²) in [5.41, 5.74) is 0. The standard InChI is InChI=1S/C15H28N2O/c1-4-5-6-9-16-10-13-7-8-14(11-16)17(13)15(18)12(2)3/h12-14H,4-11H2,1-3H3/t13-,14+. The Labute approximate surface area is 112 Å². The lowest BCUT2D eigenvalue weighted by atomic mass is 10.1. The quantitative estimate of drug-likeness (QED) is 0.702. The topological polar surface area (TPSA) is 23.6 Å². The number of amides is 1. The van der Waals surface area contributed by atoms with E-state index in [9.17, 15) is 4.79 Å². The molecule has 1 amide bonds. The van der Waals surface area contributed by atoms with Gasteiger partial charge in [0.2, 0.25) is 5.91 Å². The molecule has 18 heavy (non-hydrogen) atoms. The molecule has 2 aliphatic rings. The minimum atomic E-state index is 0.153. The number of fused-ring (bicyclic) bond motifs is 2. The van der Waals surface area contributed by atoms with Crippen LogP contribution in [0, 0.1) is 5.92 Å². The van der Waals surface area contributed by atoms with Crippen LogP contribution in [0.15, 0.2) is 0 Å². The number of carbonyl (C=O) groups is 1. The van der Waals surface area contributed by atoms with Crippen molar-refractivity contribution >= 4 is 5.91 Å². The van der Waals surface area contributed by atoms with Crippen molar-refractivity contribution in [3.63, 3.8) is 0 Å². The molecule has 3 nitrogen and oxygen atoms in total. The Bertz CT molecular complexity index is 276. The fourth-order valence-electron chi connectivity index (χ4n) is 3.42. The zero-order valence-corrected chi connectivity index (χ0v) is 12.2. The van der Waals surface area contributed by atoms with Gasteiger partial charge in [-0.25, -0.2) is 0 Å². The van der Waals surface area contributed by atoms with Gasteiger partial charge in [0, 0.05) is 31.1 Å². The Morgan fingerprint density at radius 1 is 1.17 bits per heavy atom. The molecule has 0 N–H and O–H groups in total. The van der Waals surface area contributed by atoms with Crippen LogP contribution < -0.4 is 0 Å². The van der Waals surface area contributed by atoms with Crippen LogP contribution in [-0.2, 0) is 4.79 Å². The molecular formula is C15H28N2O. The zero-order chi connectivity index (χ0) is 13.1. The van der Waals surface area contributed by atoms with Crippen LogP contribution in [0.5, 0.6) is 0 Å². The third kappa shape index (κ3) is 2.87. The van der Waals surface area contributed by atoms with Gasteiger partial charge in [-0.15, -0.1) is 0 Å². The first kappa shape index (κ1) is 13.9. The number of likely N-dealkylation sites (tertiary alicyclic amines) is 1. The van der Waals surface area contributed by atoms with Crippen molar-refractivity contribution in [1.29, 1.82) is 0 Å². The maximum Gasteiger partial charge on any atom is 0.225 e. The fraction of sp³-hybridized carbons (Fsp3) is 0.933. The van der Waals surface area contributed by atoms with E-state index >= 15 is 0 Å². The third-order valence-corrected chi connectivity index (χ3v) is 4.38. The van der Waals surface area contributed by atoms with Gasteiger partial charge in [-0.3, -0.25) is 9.69 Å². The first-order valence-corrected chi connectivity index (χ1v) is 7.68. The normalized spacial score (nSPS) is 28.1. The SMILES string of the molecule is CCCCCN1C[C@H]2CC[C@@H](C1)N2C(=O)C(C)C. The van der Waals surface area contributed by atoms with Crippen molar-refractivity contribution < 1.29 is 4.79 Å². The van der Waals surface area contributed by atoms with E-state index in [4.69, 9.17) is 0 Å². The van der Waals surface area contributed by atoms with Crippen molar-refractivity contribution in [3.05, 3.63) is 0 Å². The number of nitrogens with zero attached hydrogens (tertiary/aromatic N) is 2. The number of hydrogen-bond acceptors (Lipinski definition) is 2. The van der Waals surface area contributed by atoms with E-state index in [-0.39, 0.29) is 5.92 Å². The monoisotopic (exact) mass is 252 g/mol. The van der Waals surface area contributed by atoms with Crippen molar-refractivity contribution in [2.24, 2.45) is 5.92 Å². The van der Waals surface area contributed by atoms with Crippen molar-refractivity contribution in [3.8, 4) is 0 Å². The molecule has 0 aromatic carbocycles. The second-order valence-electron chi connectivity index (χ2n) is 6.25. The number of rotatable bonds is 5. The molecule has 2 bridgehead atoms. The summed E-state index contributed by atoms with van der Waals surface area (Å²) in [5.74, 6) is 0.524. The van der Waals surface area contributed by atoms with Crippen LogP contribution in [0.2, 0.25) is 0 Å². The maximum absolute atomic E-state index is 12.2. The van der Waals surface area contributed by atoms with Gasteiger partial charge >= 0.3 is 0 Å². The smallest absolute Gasteiger partial charge is 0.225 e. The van der Waals surface area contributed by atoms with E-state index < -0.39 is 0 Å². The zero-order valence-electron chi connectivity index (χ0n) is 12.2. The van der Waals surface area contributed by atoms with Crippen LogP contribution in [0.3, 0.4) is 0 Å². The fourth-order valence-corrected chi connectivity index (χ4v) is 3.42. The van der Waals surface area contributed by atoms with E-state index in [0.717, 1.165) is 13.1 Å². The number of carbonyl (C=O) groups excluding carboxylic acids is 1. The number of unbranched alkanes of at least 4 members (excludes halogenated alkanes) is 2. The van der Waals surface area contributed by atoms with Crippen LogP contribution in [0.1, 0.15) is 52.9 Å². The maximum atomic E-state index is 12.2. The summed E-state index contributed by atoms with van der Waals surface area (Å²) in [7, 11) is 0. The average molecular weight is 252 g/mol. The summed E-state index contributed by atoms with van der Waals surface area (Å²) in [6.07, 6.45) is 6.37. The van der Waals surface area contributed by atoms with Gasteiger partial charge in [0.1, 0.15) is 0 Å². The van der Waals surface area contributed by atoms with Gasteiger partial charge in [0.05, 0.1) is 0 Å². The Morgan fingerprint density at radius 3 is 2.28 bits per heavy atom. The molecular weight excluding hydrogens is 224 g/mol. The van der Waals surface area contributed by atoms with Crippen LogP contribution in [0.25, 0.3) is 0 Å². The highest BCUT2D eigenvalue weighted by molar-refractivity contribution is 5.79. The van der Waals surface area contributed by atoms with Gasteiger partial charge in [0.15, 0.2) is 0 Å². The van der Waals surface area contributed by atoms with Crippen LogP contribution in [0.4, 0.5) is 0 Å². The molecule has 104 valence electrons. The summed E-state index contributed by atoms with van der Waals surface area (Å²) < 4.78 is 0. The molecule has 2 rings (SSSR count). The summed E-state index contributed by atoms with van der Waals surface area (Å²) in [5, 5.41) is 0. The van der Waals surface area contributed by atoms with E-state index in [1.807, 2.05) is 13.8 Å². The lowest BCUT2D eigenvalue weighted by molar-refractivity contribution is -0.140. The minimum Gasteiger partial charge on any atom is -0.334 e. The first-order valence-electron chi connectivity index (χ1n) is 7.68. The van der Waals surface area contributed by atoms with Crippen molar-refractivity contribution in [2.45, 2.75) is 65.0 Å². The molecule has 2 fully saturated rings. The summed E-state index contributed by atoms with van der Waals surface area (Å²) in [6, 6.07) is 1.00. The highest BCUT2D eigenvalue weighted by atomic mass is 16.2. The molecule has 3 heteroatoms. The van der Waals surface area contributed by atoms with Gasteiger partial charge in [0.25, 0.3) is 0 Å². The molecule has 2 atom stereocenters. The lowest BCUT2D eigenvalue weighted by Crippen LogP contribution is -2.56.